The van der Waals surface area contributed by atoms with E-state index >= 15 is 0 Å². The Morgan fingerprint density at radius 3 is 1.60 bits per heavy atom. The summed E-state index contributed by atoms with van der Waals surface area (Å²) < 4.78 is 0. The molecule has 3 amide bonds. The van der Waals surface area contributed by atoms with Crippen LogP contribution in [0.15, 0.2) is 24.3 Å². The fourth-order valence-corrected chi connectivity index (χ4v) is 9.94. The Labute approximate surface area is 488 Å². The Hall–Kier alpha value is -7.54. The third-order valence-corrected chi connectivity index (χ3v) is 14.5. The summed E-state index contributed by atoms with van der Waals surface area (Å²) in [6, 6.07) is 3.13. The number of carbonyl (C=O) groups excluding carboxylic acids is 2. The van der Waals surface area contributed by atoms with Crippen molar-refractivity contribution in [2.45, 2.75) is 114 Å². The fraction of sp³-hybridized carbons (Fsp3) is 0.667. The van der Waals surface area contributed by atoms with Crippen molar-refractivity contribution in [2.24, 2.45) is 0 Å². The molecule has 2 aliphatic rings. The second kappa shape index (κ2) is 37.6. The minimum Gasteiger partial charge on any atom is -0.481 e. The first kappa shape index (κ1) is 69.0. The van der Waals surface area contributed by atoms with Crippen LogP contribution in [0.1, 0.15) is 95.5 Å². The lowest BCUT2D eigenvalue weighted by Crippen LogP contribution is -2.53. The first-order chi connectivity index (χ1) is 40.1. The van der Waals surface area contributed by atoms with Crippen LogP contribution in [0, 0.1) is 0 Å². The number of benzene rings is 1. The minimum atomic E-state index is -1.49. The average Bonchev–Trinajstić information content (AvgIpc) is 3.47. The molecule has 1 aromatic carbocycles. The van der Waals surface area contributed by atoms with E-state index in [1.807, 2.05) is 24.3 Å². The van der Waals surface area contributed by atoms with Gasteiger partial charge in [-0.05, 0) is 69.2 Å². The van der Waals surface area contributed by atoms with E-state index in [1.165, 1.54) is 0 Å². The zero-order chi connectivity index (χ0) is 61.4. The summed E-state index contributed by atoms with van der Waals surface area (Å²) in [5, 5.41) is 79.9. The predicted molar refractivity (Wildman–Crippen MR) is 306 cm³/mol. The van der Waals surface area contributed by atoms with Gasteiger partial charge in [-0.2, -0.15) is 15.0 Å². The fourth-order valence-electron chi connectivity index (χ4n) is 9.94. The first-order valence-corrected chi connectivity index (χ1v) is 28.7. The van der Waals surface area contributed by atoms with Gasteiger partial charge in [0.25, 0.3) is 0 Å². The van der Waals surface area contributed by atoms with Gasteiger partial charge < -0.3 is 67.2 Å². The molecule has 1 aromatic heterocycles. The number of nitrogens with one attached hydrogen (secondary N) is 5. The molecule has 0 bridgehead atoms. The van der Waals surface area contributed by atoms with E-state index in [4.69, 9.17) is 10.1 Å². The number of hydrogen-bond acceptors (Lipinski definition) is 20. The standard InChI is InChI=1S/C54H86N14O16/c1-55-51-60-52(57-39-16-14-38(15-17-39)32-40-33-66(36-47(76)77)25-24-64(34-45(72)73)22-23-65(35-46(74)75)28-31-68(40)37-48(78)79)62-53(61-51)67-29-26-63(27-30-67)21-11-7-5-3-2-4-6-8-13-43(69)56-20-10-9-12-41(49(80)81)58-54(84)59-42(50(82)83)18-19-44(70)71/h14-17,40-42H,2-13,18-37H2,1H3,(H,56,69)(H,70,71)(H,72,73)(H,74,75)(H,76,77)(H,78,79)(H,80,81)(H,82,83)(H2,58,59,84)(H2,55,57,60,61,62)/t40-,41?,42-/m0/s1. The number of carboxylic acid groups (broad SMARTS) is 7. The highest BCUT2D eigenvalue weighted by molar-refractivity contribution is 5.86. The van der Waals surface area contributed by atoms with Gasteiger partial charge in [-0.15, -0.1) is 0 Å². The molecule has 2 aromatic rings. The van der Waals surface area contributed by atoms with Crippen molar-refractivity contribution < 1.29 is 78.9 Å². The van der Waals surface area contributed by atoms with Crippen molar-refractivity contribution in [2.75, 3.05) is 134 Å². The number of unbranched alkanes of at least 4 members (excludes halogenated alkanes) is 8. The molecule has 0 aliphatic carbocycles. The smallest absolute Gasteiger partial charge is 0.326 e. The number of carbonyl (C=O) groups is 9. The molecule has 2 saturated heterocycles. The van der Waals surface area contributed by atoms with Crippen LogP contribution in [0.2, 0.25) is 0 Å². The summed E-state index contributed by atoms with van der Waals surface area (Å²) in [4.78, 5) is 131. The van der Waals surface area contributed by atoms with Crippen molar-refractivity contribution in [3.63, 3.8) is 0 Å². The molecule has 12 N–H and O–H groups in total. The predicted octanol–water partition coefficient (Wildman–Crippen LogP) is 1.12. The Kier molecular flexibility index (Phi) is 30.9. The Balaban J connectivity index is 1.16. The van der Waals surface area contributed by atoms with Crippen molar-refractivity contribution in [1.29, 1.82) is 0 Å². The molecule has 0 spiro atoms. The van der Waals surface area contributed by atoms with Gasteiger partial charge in [-0.3, -0.25) is 53.3 Å². The summed E-state index contributed by atoms with van der Waals surface area (Å²) in [6.07, 6.45) is 9.03. The number of aromatic nitrogens is 3. The second-order valence-electron chi connectivity index (χ2n) is 21.1. The van der Waals surface area contributed by atoms with Crippen molar-refractivity contribution in [3.05, 3.63) is 29.8 Å². The van der Waals surface area contributed by atoms with Crippen LogP contribution in [0.5, 0.6) is 0 Å². The summed E-state index contributed by atoms with van der Waals surface area (Å²) in [7, 11) is 1.73. The van der Waals surface area contributed by atoms with Crippen LogP contribution < -0.4 is 31.5 Å². The second-order valence-corrected chi connectivity index (χ2v) is 21.1. The van der Waals surface area contributed by atoms with Crippen LogP contribution in [-0.2, 0) is 44.8 Å². The van der Waals surface area contributed by atoms with Gasteiger partial charge in [0, 0.05) is 110 Å². The molecule has 30 heteroatoms. The lowest BCUT2D eigenvalue weighted by Gasteiger charge is -2.37. The average molecular weight is 1190 g/mol. The van der Waals surface area contributed by atoms with Gasteiger partial charge in [-0.1, -0.05) is 50.7 Å². The summed E-state index contributed by atoms with van der Waals surface area (Å²) >= 11 is 0. The summed E-state index contributed by atoms with van der Waals surface area (Å²) in [6.45, 7) is 4.47. The normalized spacial score (nSPS) is 16.9. The molecule has 3 heterocycles. The van der Waals surface area contributed by atoms with E-state index < -0.39 is 72.4 Å². The third-order valence-electron chi connectivity index (χ3n) is 14.5. The van der Waals surface area contributed by atoms with Crippen molar-refractivity contribution >= 4 is 77.3 Å². The van der Waals surface area contributed by atoms with Crippen LogP contribution in [0.4, 0.5) is 28.3 Å². The van der Waals surface area contributed by atoms with E-state index in [9.17, 15) is 73.8 Å². The summed E-state index contributed by atoms with van der Waals surface area (Å²) in [5.74, 6) is -7.14. The van der Waals surface area contributed by atoms with Crippen LogP contribution in [0.25, 0.3) is 0 Å². The van der Waals surface area contributed by atoms with Gasteiger partial charge in [0.2, 0.25) is 23.8 Å². The summed E-state index contributed by atoms with van der Waals surface area (Å²) in [5.41, 5.74) is 1.51. The van der Waals surface area contributed by atoms with E-state index in [-0.39, 0.29) is 90.7 Å². The molecule has 4 rings (SSSR count). The van der Waals surface area contributed by atoms with E-state index in [2.05, 4.69) is 46.4 Å². The topological polar surface area (TPSA) is 414 Å². The molecule has 468 valence electrons. The molecule has 0 radical (unpaired) electrons. The maximum atomic E-state index is 12.3. The highest BCUT2D eigenvalue weighted by Gasteiger charge is 2.29. The maximum Gasteiger partial charge on any atom is 0.326 e. The van der Waals surface area contributed by atoms with Crippen molar-refractivity contribution in [3.8, 4) is 0 Å². The zero-order valence-electron chi connectivity index (χ0n) is 48.0. The van der Waals surface area contributed by atoms with Crippen molar-refractivity contribution in [1.82, 2.24) is 55.4 Å². The van der Waals surface area contributed by atoms with Crippen LogP contribution >= 0.6 is 0 Å². The molecule has 2 aliphatic heterocycles. The highest BCUT2D eigenvalue weighted by atomic mass is 16.4. The Morgan fingerprint density at radius 2 is 1.04 bits per heavy atom. The minimum absolute atomic E-state index is 0.0490. The number of rotatable bonds is 37. The largest absolute Gasteiger partial charge is 0.481 e. The van der Waals surface area contributed by atoms with E-state index in [1.54, 1.807) is 26.6 Å². The highest BCUT2D eigenvalue weighted by Crippen LogP contribution is 2.22. The third kappa shape index (κ3) is 28.2. The molecule has 84 heavy (non-hydrogen) atoms. The molecule has 0 saturated carbocycles. The molecular formula is C54H86N14O16. The zero-order valence-corrected chi connectivity index (χ0v) is 48.0. The number of anilines is 4. The lowest BCUT2D eigenvalue weighted by atomic mass is 10.0. The first-order valence-electron chi connectivity index (χ1n) is 28.7. The maximum absolute atomic E-state index is 12.3. The molecule has 3 atom stereocenters. The number of carboxylic acids is 7. The van der Waals surface area contributed by atoms with Gasteiger partial charge in [0.1, 0.15) is 12.1 Å². The molecule has 2 fully saturated rings. The number of amides is 3. The number of hydrogen-bond donors (Lipinski definition) is 12. The van der Waals surface area contributed by atoms with Crippen LogP contribution in [-0.4, -0.2) is 265 Å². The SMILES string of the molecule is CNc1nc(Nc2ccc(C[C@H]3CN(CC(=O)O)CCN(CC(=O)O)CCN(CC(=O)O)CCN3CC(=O)O)cc2)nc(N2CCN(CCCCCCCCCCC(=O)NCCCCC(NC(=O)N[C@@H](CCC(=O)O)C(=O)O)C(=O)O)CC2)n1. The van der Waals surface area contributed by atoms with Gasteiger partial charge in [0.05, 0.1) is 26.2 Å². The molecular weight excluding hydrogens is 1100 g/mol. The number of piperazine rings is 1. The van der Waals surface area contributed by atoms with E-state index in [0.29, 0.717) is 55.8 Å². The van der Waals surface area contributed by atoms with Gasteiger partial charge >= 0.3 is 47.8 Å². The lowest BCUT2D eigenvalue weighted by molar-refractivity contribution is -0.142. The monoisotopic (exact) mass is 1190 g/mol. The molecule has 1 unspecified atom stereocenters. The quantitative estimate of drug-likeness (QED) is 0.0422. The van der Waals surface area contributed by atoms with E-state index in [0.717, 1.165) is 89.7 Å². The Morgan fingerprint density at radius 1 is 0.524 bits per heavy atom. The number of urea groups is 1. The number of aliphatic carboxylic acids is 7. The van der Waals surface area contributed by atoms with Crippen LogP contribution in [0.3, 0.4) is 0 Å². The van der Waals surface area contributed by atoms with Gasteiger partial charge in [0.15, 0.2) is 0 Å². The Bertz CT molecular complexity index is 2440. The molecule has 30 nitrogen and oxygen atoms in total. The van der Waals surface area contributed by atoms with Gasteiger partial charge in [-0.25, -0.2) is 14.4 Å². The number of nitrogens with zero attached hydrogens (tertiary/aromatic N) is 9.